The lowest BCUT2D eigenvalue weighted by Gasteiger charge is -2.38. The standard InChI is InChI=1S/C19H17ClF3N3O/c20-12-14-1-4-16(5-2-14)25-7-9-26(10-8-25)17-6-3-15(13-24)11-18(17)27-19(21,22)23/h1-6,11H,7-10,12H2. The third kappa shape index (κ3) is 4.77. The summed E-state index contributed by atoms with van der Waals surface area (Å²) in [6, 6.07) is 13.9. The number of halogens is 4. The molecule has 0 saturated carbocycles. The molecule has 27 heavy (non-hydrogen) atoms. The Morgan fingerprint density at radius 1 is 1.00 bits per heavy atom. The number of ether oxygens (including phenoxy) is 1. The van der Waals surface area contributed by atoms with E-state index in [0.29, 0.717) is 37.7 Å². The molecule has 1 saturated heterocycles. The Morgan fingerprint density at radius 3 is 2.19 bits per heavy atom. The van der Waals surface area contributed by atoms with Crippen LogP contribution < -0.4 is 14.5 Å². The number of nitriles is 1. The maximum absolute atomic E-state index is 12.7. The van der Waals surface area contributed by atoms with E-state index in [0.717, 1.165) is 17.3 Å². The van der Waals surface area contributed by atoms with Gasteiger partial charge in [0.2, 0.25) is 0 Å². The van der Waals surface area contributed by atoms with Gasteiger partial charge in [-0.2, -0.15) is 5.26 Å². The van der Waals surface area contributed by atoms with Gasteiger partial charge >= 0.3 is 6.36 Å². The Balaban J connectivity index is 1.74. The summed E-state index contributed by atoms with van der Waals surface area (Å²) in [6.07, 6.45) is -4.81. The van der Waals surface area contributed by atoms with Crippen molar-refractivity contribution in [1.29, 1.82) is 5.26 Å². The number of piperazine rings is 1. The highest BCUT2D eigenvalue weighted by Gasteiger charge is 2.33. The summed E-state index contributed by atoms with van der Waals surface area (Å²) >= 11 is 5.80. The van der Waals surface area contributed by atoms with Gasteiger partial charge in [0.15, 0.2) is 5.75 Å². The number of rotatable bonds is 4. The molecule has 0 aromatic heterocycles. The molecule has 142 valence electrons. The topological polar surface area (TPSA) is 39.5 Å². The van der Waals surface area contributed by atoms with E-state index in [4.69, 9.17) is 16.9 Å². The lowest BCUT2D eigenvalue weighted by atomic mass is 10.1. The Kier molecular flexibility index (Phi) is 5.66. The van der Waals surface area contributed by atoms with Gasteiger partial charge in [0.05, 0.1) is 17.3 Å². The lowest BCUT2D eigenvalue weighted by Crippen LogP contribution is -2.46. The summed E-state index contributed by atoms with van der Waals surface area (Å²) in [5, 5.41) is 8.94. The highest BCUT2D eigenvalue weighted by molar-refractivity contribution is 6.17. The quantitative estimate of drug-likeness (QED) is 0.713. The molecule has 0 atom stereocenters. The highest BCUT2D eigenvalue weighted by Crippen LogP contribution is 2.34. The Bertz CT molecular complexity index is 826. The van der Waals surface area contributed by atoms with Crippen LogP contribution in [0, 0.1) is 11.3 Å². The SMILES string of the molecule is N#Cc1ccc(N2CCN(c3ccc(CCl)cc3)CC2)c(OC(F)(F)F)c1. The summed E-state index contributed by atoms with van der Waals surface area (Å²) in [5.74, 6) is 0.107. The number of benzene rings is 2. The number of alkyl halides is 4. The monoisotopic (exact) mass is 395 g/mol. The van der Waals surface area contributed by atoms with Crippen LogP contribution in [-0.2, 0) is 5.88 Å². The summed E-state index contributed by atoms with van der Waals surface area (Å²) in [5.41, 5.74) is 2.54. The van der Waals surface area contributed by atoms with Crippen molar-refractivity contribution >= 4 is 23.0 Å². The van der Waals surface area contributed by atoms with Crippen LogP contribution in [0.1, 0.15) is 11.1 Å². The fourth-order valence-electron chi connectivity index (χ4n) is 3.05. The molecule has 1 fully saturated rings. The van der Waals surface area contributed by atoms with E-state index in [9.17, 15) is 13.2 Å². The first-order valence-corrected chi connectivity index (χ1v) is 8.88. The minimum atomic E-state index is -4.81. The van der Waals surface area contributed by atoms with Gasteiger partial charge in [-0.3, -0.25) is 0 Å². The Labute approximate surface area is 160 Å². The van der Waals surface area contributed by atoms with Gasteiger partial charge in [-0.05, 0) is 29.8 Å². The van der Waals surface area contributed by atoms with Gasteiger partial charge in [0, 0.05) is 43.8 Å². The van der Waals surface area contributed by atoms with Gasteiger partial charge in [0.1, 0.15) is 0 Å². The molecule has 0 spiro atoms. The fraction of sp³-hybridized carbons (Fsp3) is 0.316. The fourth-order valence-corrected chi connectivity index (χ4v) is 3.23. The molecule has 0 radical (unpaired) electrons. The van der Waals surface area contributed by atoms with E-state index in [1.807, 2.05) is 35.2 Å². The normalized spacial score (nSPS) is 14.8. The van der Waals surface area contributed by atoms with Crippen molar-refractivity contribution in [2.75, 3.05) is 36.0 Å². The molecule has 2 aromatic carbocycles. The second kappa shape index (κ2) is 7.97. The van der Waals surface area contributed by atoms with Gasteiger partial charge in [-0.1, -0.05) is 12.1 Å². The average molecular weight is 396 g/mol. The van der Waals surface area contributed by atoms with E-state index in [2.05, 4.69) is 9.64 Å². The van der Waals surface area contributed by atoms with E-state index in [1.165, 1.54) is 12.1 Å². The molecule has 1 aliphatic rings. The van der Waals surface area contributed by atoms with Crippen LogP contribution in [0.4, 0.5) is 24.5 Å². The molecule has 0 bridgehead atoms. The first-order valence-electron chi connectivity index (χ1n) is 8.34. The maximum atomic E-state index is 12.7. The van der Waals surface area contributed by atoms with Crippen LogP contribution in [0.5, 0.6) is 5.75 Å². The zero-order valence-corrected chi connectivity index (χ0v) is 15.1. The van der Waals surface area contributed by atoms with Crippen molar-refractivity contribution in [3.63, 3.8) is 0 Å². The summed E-state index contributed by atoms with van der Waals surface area (Å²) < 4.78 is 42.3. The maximum Gasteiger partial charge on any atom is 0.573 e. The first-order chi connectivity index (χ1) is 12.9. The van der Waals surface area contributed by atoms with Gasteiger partial charge in [-0.15, -0.1) is 24.8 Å². The zero-order chi connectivity index (χ0) is 19.4. The molecule has 2 aromatic rings. The number of nitrogens with zero attached hydrogens (tertiary/aromatic N) is 3. The van der Waals surface area contributed by atoms with Crippen molar-refractivity contribution < 1.29 is 17.9 Å². The minimum absolute atomic E-state index is 0.121. The second-order valence-electron chi connectivity index (χ2n) is 6.12. The molecule has 0 amide bonds. The largest absolute Gasteiger partial charge is 0.573 e. The van der Waals surface area contributed by atoms with Crippen molar-refractivity contribution in [2.45, 2.75) is 12.2 Å². The van der Waals surface area contributed by atoms with Gasteiger partial charge in [-0.25, -0.2) is 0 Å². The third-order valence-corrected chi connectivity index (χ3v) is 4.70. The van der Waals surface area contributed by atoms with Gasteiger partial charge < -0.3 is 14.5 Å². The van der Waals surface area contributed by atoms with Crippen LogP contribution in [0.25, 0.3) is 0 Å². The summed E-state index contributed by atoms with van der Waals surface area (Å²) in [6.45, 7) is 2.39. The first kappa shape index (κ1) is 19.2. The molecular weight excluding hydrogens is 379 g/mol. The van der Waals surface area contributed by atoms with Crippen molar-refractivity contribution in [3.8, 4) is 11.8 Å². The molecule has 0 aliphatic carbocycles. The Hall–Kier alpha value is -2.59. The van der Waals surface area contributed by atoms with E-state index in [-0.39, 0.29) is 11.3 Å². The molecule has 0 N–H and O–H groups in total. The predicted octanol–water partition coefficient (Wildman–Crippen LogP) is 4.52. The second-order valence-corrected chi connectivity index (χ2v) is 6.38. The number of hydrogen-bond donors (Lipinski definition) is 0. The molecule has 3 rings (SSSR count). The smallest absolute Gasteiger partial charge is 0.404 e. The van der Waals surface area contributed by atoms with E-state index < -0.39 is 6.36 Å². The lowest BCUT2D eigenvalue weighted by molar-refractivity contribution is -0.274. The average Bonchev–Trinajstić information content (AvgIpc) is 2.67. The van der Waals surface area contributed by atoms with E-state index in [1.54, 1.807) is 0 Å². The van der Waals surface area contributed by atoms with Crippen LogP contribution >= 0.6 is 11.6 Å². The van der Waals surface area contributed by atoms with Crippen LogP contribution in [-0.4, -0.2) is 32.5 Å². The zero-order valence-electron chi connectivity index (χ0n) is 14.3. The van der Waals surface area contributed by atoms with Crippen LogP contribution in [0.2, 0.25) is 0 Å². The van der Waals surface area contributed by atoms with Crippen molar-refractivity contribution in [1.82, 2.24) is 0 Å². The van der Waals surface area contributed by atoms with E-state index >= 15 is 0 Å². The molecule has 4 nitrogen and oxygen atoms in total. The summed E-state index contributed by atoms with van der Waals surface area (Å²) in [4.78, 5) is 4.01. The van der Waals surface area contributed by atoms with Crippen LogP contribution in [0.3, 0.4) is 0 Å². The van der Waals surface area contributed by atoms with Gasteiger partial charge in [0.25, 0.3) is 0 Å². The molecular formula is C19H17ClF3N3O. The highest BCUT2D eigenvalue weighted by atomic mass is 35.5. The Morgan fingerprint density at radius 2 is 1.63 bits per heavy atom. The number of hydrogen-bond acceptors (Lipinski definition) is 4. The molecule has 1 heterocycles. The molecule has 8 heteroatoms. The van der Waals surface area contributed by atoms with Crippen molar-refractivity contribution in [3.05, 3.63) is 53.6 Å². The van der Waals surface area contributed by atoms with Crippen LogP contribution in [0.15, 0.2) is 42.5 Å². The van der Waals surface area contributed by atoms with Crippen molar-refractivity contribution in [2.24, 2.45) is 0 Å². The third-order valence-electron chi connectivity index (χ3n) is 4.39. The predicted molar refractivity (Wildman–Crippen MR) is 98.3 cm³/mol. The molecule has 0 unspecified atom stereocenters. The summed E-state index contributed by atoms with van der Waals surface area (Å²) in [7, 11) is 0. The number of anilines is 2. The molecule has 1 aliphatic heterocycles. The minimum Gasteiger partial charge on any atom is -0.404 e.